The Morgan fingerprint density at radius 1 is 0.682 bits per heavy atom. The van der Waals surface area contributed by atoms with Crippen molar-refractivity contribution in [3.8, 4) is 11.5 Å². The standard InChI is InChI=1S/C20H20O2/c1-11-12(2)14-8-10-18(22-4)16-6-5-15-17(21-3)9-7-13(11)19(15)20(14)16/h7-10H,5-6H2,1-4H3. The molecule has 3 aromatic carbocycles. The molecule has 4 rings (SSSR count). The lowest BCUT2D eigenvalue weighted by molar-refractivity contribution is 0.406. The van der Waals surface area contributed by atoms with Crippen LogP contribution in [0.5, 0.6) is 11.5 Å². The number of rotatable bonds is 2. The minimum Gasteiger partial charge on any atom is -0.496 e. The van der Waals surface area contributed by atoms with Gasteiger partial charge in [0, 0.05) is 11.1 Å². The van der Waals surface area contributed by atoms with E-state index in [1.54, 1.807) is 14.2 Å². The Morgan fingerprint density at radius 2 is 1.09 bits per heavy atom. The van der Waals surface area contributed by atoms with Crippen molar-refractivity contribution < 1.29 is 9.47 Å². The van der Waals surface area contributed by atoms with Crippen LogP contribution in [-0.4, -0.2) is 14.2 Å². The molecule has 2 nitrogen and oxygen atoms in total. The number of methoxy groups -OCH3 is 2. The monoisotopic (exact) mass is 292 g/mol. The van der Waals surface area contributed by atoms with Gasteiger partial charge in [-0.15, -0.1) is 0 Å². The van der Waals surface area contributed by atoms with Gasteiger partial charge in [-0.1, -0.05) is 12.1 Å². The Morgan fingerprint density at radius 3 is 1.45 bits per heavy atom. The molecule has 0 unspecified atom stereocenters. The summed E-state index contributed by atoms with van der Waals surface area (Å²) < 4.78 is 11.2. The number of hydrogen-bond acceptors (Lipinski definition) is 2. The van der Waals surface area contributed by atoms with Gasteiger partial charge in [-0.2, -0.15) is 0 Å². The Bertz CT molecular complexity index is 846. The first-order chi connectivity index (χ1) is 10.7. The van der Waals surface area contributed by atoms with Crippen LogP contribution in [0.3, 0.4) is 0 Å². The Labute approximate surface area is 130 Å². The summed E-state index contributed by atoms with van der Waals surface area (Å²) in [5, 5.41) is 5.40. The van der Waals surface area contributed by atoms with Crippen molar-refractivity contribution in [2.24, 2.45) is 0 Å². The number of benzene rings is 3. The highest BCUT2D eigenvalue weighted by atomic mass is 16.5. The first kappa shape index (κ1) is 13.4. The van der Waals surface area contributed by atoms with E-state index in [0.29, 0.717) is 0 Å². The third-order valence-electron chi connectivity index (χ3n) is 5.23. The van der Waals surface area contributed by atoms with Gasteiger partial charge in [0.05, 0.1) is 14.2 Å². The highest BCUT2D eigenvalue weighted by molar-refractivity contribution is 6.15. The maximum absolute atomic E-state index is 5.62. The summed E-state index contributed by atoms with van der Waals surface area (Å²) in [5.74, 6) is 2.01. The molecule has 0 aliphatic heterocycles. The molecule has 0 bridgehead atoms. The molecule has 0 N–H and O–H groups in total. The SMILES string of the molecule is COc1ccc2c(C)c(C)c3ccc(OC)c4c3c2c1CC4. The first-order valence-corrected chi connectivity index (χ1v) is 7.75. The number of ether oxygens (including phenoxy) is 2. The average Bonchev–Trinajstić information content (AvgIpc) is 2.57. The second-order valence-electron chi connectivity index (χ2n) is 6.09. The quantitative estimate of drug-likeness (QED) is 0.636. The molecule has 1 aliphatic carbocycles. The van der Waals surface area contributed by atoms with Gasteiger partial charge in [0.25, 0.3) is 0 Å². The third kappa shape index (κ3) is 1.55. The molecule has 0 radical (unpaired) electrons. The van der Waals surface area contributed by atoms with Gasteiger partial charge in [-0.05, 0) is 71.5 Å². The number of aryl methyl sites for hydroxylation is 4. The van der Waals surface area contributed by atoms with E-state index in [1.807, 2.05) is 0 Å². The van der Waals surface area contributed by atoms with Crippen molar-refractivity contribution in [1.82, 2.24) is 0 Å². The van der Waals surface area contributed by atoms with E-state index in [1.165, 1.54) is 43.8 Å². The molecule has 0 fully saturated rings. The molecule has 2 heteroatoms. The van der Waals surface area contributed by atoms with Crippen molar-refractivity contribution >= 4 is 21.5 Å². The summed E-state index contributed by atoms with van der Waals surface area (Å²) in [6, 6.07) is 8.63. The average molecular weight is 292 g/mol. The van der Waals surface area contributed by atoms with Crippen molar-refractivity contribution in [1.29, 1.82) is 0 Å². The fourth-order valence-electron chi connectivity index (χ4n) is 3.99. The summed E-state index contributed by atoms with van der Waals surface area (Å²) >= 11 is 0. The zero-order chi connectivity index (χ0) is 15.4. The lowest BCUT2D eigenvalue weighted by atomic mass is 9.82. The fraction of sp³-hybridized carbons (Fsp3) is 0.300. The van der Waals surface area contributed by atoms with Crippen molar-refractivity contribution in [2.45, 2.75) is 26.7 Å². The Balaban J connectivity index is 2.33. The molecule has 22 heavy (non-hydrogen) atoms. The van der Waals surface area contributed by atoms with E-state index in [2.05, 4.69) is 38.1 Å². The minimum atomic E-state index is 1.01. The van der Waals surface area contributed by atoms with Gasteiger partial charge in [0.15, 0.2) is 0 Å². The molecule has 0 saturated heterocycles. The van der Waals surface area contributed by atoms with Crippen LogP contribution in [0.15, 0.2) is 24.3 Å². The van der Waals surface area contributed by atoms with Crippen LogP contribution < -0.4 is 9.47 Å². The minimum absolute atomic E-state index is 1.01. The van der Waals surface area contributed by atoms with Gasteiger partial charge >= 0.3 is 0 Å². The van der Waals surface area contributed by atoms with Crippen LogP contribution in [0, 0.1) is 13.8 Å². The lowest BCUT2D eigenvalue weighted by Crippen LogP contribution is -2.07. The van der Waals surface area contributed by atoms with Gasteiger partial charge in [-0.25, -0.2) is 0 Å². The largest absolute Gasteiger partial charge is 0.496 e. The summed E-state index contributed by atoms with van der Waals surface area (Å²) in [6.45, 7) is 4.44. The predicted molar refractivity (Wildman–Crippen MR) is 91.4 cm³/mol. The van der Waals surface area contributed by atoms with E-state index in [0.717, 1.165) is 24.3 Å². The fourth-order valence-corrected chi connectivity index (χ4v) is 3.99. The molecule has 1 aliphatic rings. The third-order valence-corrected chi connectivity index (χ3v) is 5.23. The topological polar surface area (TPSA) is 18.5 Å². The summed E-state index contributed by atoms with van der Waals surface area (Å²) in [4.78, 5) is 0. The summed E-state index contributed by atoms with van der Waals surface area (Å²) in [5.41, 5.74) is 5.41. The van der Waals surface area contributed by atoms with E-state index >= 15 is 0 Å². The van der Waals surface area contributed by atoms with E-state index in [4.69, 9.17) is 9.47 Å². The zero-order valence-corrected chi connectivity index (χ0v) is 13.5. The maximum Gasteiger partial charge on any atom is 0.122 e. The second-order valence-corrected chi connectivity index (χ2v) is 6.09. The molecular formula is C20H20O2. The normalized spacial score (nSPS) is 13.1. The summed E-state index contributed by atoms with van der Waals surface area (Å²) in [6.07, 6.45) is 2.01. The molecule has 0 aromatic heterocycles. The highest BCUT2D eigenvalue weighted by Crippen LogP contribution is 2.45. The van der Waals surface area contributed by atoms with Crippen molar-refractivity contribution in [2.75, 3.05) is 14.2 Å². The Hall–Kier alpha value is -2.22. The van der Waals surface area contributed by atoms with Crippen molar-refractivity contribution in [3.63, 3.8) is 0 Å². The van der Waals surface area contributed by atoms with E-state index < -0.39 is 0 Å². The van der Waals surface area contributed by atoms with E-state index in [9.17, 15) is 0 Å². The van der Waals surface area contributed by atoms with Crippen LogP contribution in [0.2, 0.25) is 0 Å². The van der Waals surface area contributed by atoms with Crippen LogP contribution in [-0.2, 0) is 12.8 Å². The van der Waals surface area contributed by atoms with Gasteiger partial charge in [0.1, 0.15) is 11.5 Å². The Kier molecular flexibility index (Phi) is 2.83. The zero-order valence-electron chi connectivity index (χ0n) is 13.5. The lowest BCUT2D eigenvalue weighted by Gasteiger charge is -2.24. The maximum atomic E-state index is 5.62. The van der Waals surface area contributed by atoms with Gasteiger partial charge in [0.2, 0.25) is 0 Å². The first-order valence-electron chi connectivity index (χ1n) is 7.75. The molecular weight excluding hydrogens is 272 g/mol. The predicted octanol–water partition coefficient (Wildman–Crippen LogP) is 4.73. The van der Waals surface area contributed by atoms with E-state index in [-0.39, 0.29) is 0 Å². The van der Waals surface area contributed by atoms with Gasteiger partial charge in [-0.3, -0.25) is 0 Å². The molecule has 0 heterocycles. The van der Waals surface area contributed by atoms with Crippen LogP contribution in [0.1, 0.15) is 22.3 Å². The molecule has 112 valence electrons. The van der Waals surface area contributed by atoms with Crippen LogP contribution in [0.25, 0.3) is 21.5 Å². The van der Waals surface area contributed by atoms with Crippen LogP contribution >= 0.6 is 0 Å². The molecule has 0 spiro atoms. The molecule has 0 atom stereocenters. The van der Waals surface area contributed by atoms with Gasteiger partial charge < -0.3 is 9.47 Å². The molecule has 3 aromatic rings. The molecule has 0 amide bonds. The number of hydrogen-bond donors (Lipinski definition) is 0. The molecule has 0 saturated carbocycles. The summed E-state index contributed by atoms with van der Waals surface area (Å²) in [7, 11) is 3.52. The van der Waals surface area contributed by atoms with Crippen LogP contribution in [0.4, 0.5) is 0 Å². The smallest absolute Gasteiger partial charge is 0.122 e. The van der Waals surface area contributed by atoms with Crippen molar-refractivity contribution in [3.05, 3.63) is 46.5 Å². The highest BCUT2D eigenvalue weighted by Gasteiger charge is 2.23. The second kappa shape index (κ2) is 4.64.